The molecule has 0 spiro atoms. The summed E-state index contributed by atoms with van der Waals surface area (Å²) in [6.07, 6.45) is 2.82. The Morgan fingerprint density at radius 1 is 1.21 bits per heavy atom. The molecular weight excluding hydrogens is 384 g/mol. The van der Waals surface area contributed by atoms with Crippen molar-refractivity contribution in [2.24, 2.45) is 7.05 Å². The molecule has 29 heavy (non-hydrogen) atoms. The number of fused-ring (bicyclic) bond motifs is 1. The van der Waals surface area contributed by atoms with Gasteiger partial charge in [-0.3, -0.25) is 14.2 Å². The maximum Gasteiger partial charge on any atom is 0.278 e. The standard InChI is InChI=1S/C22H28N4O2S/c1-6-15(4)23-18(27)13-29-22-24-19-17(16-10-8-7-9-11-16)12-25(5)20(19)21(28)26(22)14(2)3/h7-12,14-15H,6,13H2,1-5H3,(H,23,27). The van der Waals surface area contributed by atoms with Crippen LogP contribution in [-0.4, -0.2) is 31.8 Å². The lowest BCUT2D eigenvalue weighted by Gasteiger charge is -2.16. The Kier molecular flexibility index (Phi) is 6.47. The quantitative estimate of drug-likeness (QED) is 0.471. The molecule has 3 rings (SSSR count). The maximum absolute atomic E-state index is 13.3. The largest absolute Gasteiger partial charge is 0.353 e. The molecule has 0 saturated heterocycles. The van der Waals surface area contributed by atoms with E-state index in [1.165, 1.54) is 11.8 Å². The van der Waals surface area contributed by atoms with Crippen molar-refractivity contribution in [3.8, 4) is 11.1 Å². The normalized spacial score (nSPS) is 12.5. The van der Waals surface area contributed by atoms with E-state index in [0.717, 1.165) is 17.5 Å². The molecule has 1 N–H and O–H groups in total. The van der Waals surface area contributed by atoms with E-state index < -0.39 is 0 Å². The minimum atomic E-state index is -0.0838. The number of hydrogen-bond acceptors (Lipinski definition) is 4. The molecule has 1 atom stereocenters. The second kappa shape index (κ2) is 8.86. The zero-order valence-electron chi connectivity index (χ0n) is 17.6. The number of aromatic nitrogens is 3. The van der Waals surface area contributed by atoms with Crippen LogP contribution >= 0.6 is 11.8 Å². The first-order valence-corrected chi connectivity index (χ1v) is 10.9. The van der Waals surface area contributed by atoms with Crippen molar-refractivity contribution in [3.05, 3.63) is 46.9 Å². The number of nitrogens with zero attached hydrogens (tertiary/aromatic N) is 3. The van der Waals surface area contributed by atoms with Crippen molar-refractivity contribution >= 4 is 28.7 Å². The summed E-state index contributed by atoms with van der Waals surface area (Å²) in [4.78, 5) is 30.4. The predicted octanol–water partition coefficient (Wildman–Crippen LogP) is 3.99. The number of amides is 1. The molecule has 0 aliphatic rings. The van der Waals surface area contributed by atoms with E-state index in [0.29, 0.717) is 16.2 Å². The van der Waals surface area contributed by atoms with E-state index >= 15 is 0 Å². The van der Waals surface area contributed by atoms with Gasteiger partial charge in [0.25, 0.3) is 5.56 Å². The Balaban J connectivity index is 2.08. The SMILES string of the molecule is CCC(C)NC(=O)CSc1nc2c(-c3ccccc3)cn(C)c2c(=O)n1C(C)C. The molecular formula is C22H28N4O2S. The van der Waals surface area contributed by atoms with Crippen LogP contribution in [0.5, 0.6) is 0 Å². The van der Waals surface area contributed by atoms with E-state index in [1.54, 1.807) is 4.57 Å². The summed E-state index contributed by atoms with van der Waals surface area (Å²) < 4.78 is 3.52. The summed E-state index contributed by atoms with van der Waals surface area (Å²) in [5.41, 5.74) is 3.09. The fourth-order valence-electron chi connectivity index (χ4n) is 3.26. The average Bonchev–Trinajstić information content (AvgIpc) is 3.03. The first-order chi connectivity index (χ1) is 13.8. The molecule has 3 aromatic rings. The van der Waals surface area contributed by atoms with Crippen LogP contribution in [0.1, 0.15) is 40.2 Å². The van der Waals surface area contributed by atoms with Crippen LogP contribution in [0.3, 0.4) is 0 Å². The van der Waals surface area contributed by atoms with Gasteiger partial charge in [0.2, 0.25) is 5.91 Å². The lowest BCUT2D eigenvalue weighted by atomic mass is 10.1. The summed E-state index contributed by atoms with van der Waals surface area (Å²) in [6, 6.07) is 9.99. The number of hydrogen-bond donors (Lipinski definition) is 1. The van der Waals surface area contributed by atoms with E-state index in [1.807, 2.05) is 75.8 Å². The number of nitrogens with one attached hydrogen (secondary N) is 1. The number of benzene rings is 1. The molecule has 6 nitrogen and oxygen atoms in total. The van der Waals surface area contributed by atoms with Gasteiger partial charge in [0, 0.05) is 30.9 Å². The van der Waals surface area contributed by atoms with Gasteiger partial charge in [-0.1, -0.05) is 49.0 Å². The molecule has 0 radical (unpaired) electrons. The van der Waals surface area contributed by atoms with E-state index in [-0.39, 0.29) is 29.3 Å². The van der Waals surface area contributed by atoms with Crippen molar-refractivity contribution in [1.82, 2.24) is 19.4 Å². The van der Waals surface area contributed by atoms with E-state index in [9.17, 15) is 9.59 Å². The Morgan fingerprint density at radius 3 is 2.52 bits per heavy atom. The van der Waals surface area contributed by atoms with Gasteiger partial charge in [0.05, 0.1) is 5.75 Å². The highest BCUT2D eigenvalue weighted by Crippen LogP contribution is 2.29. The number of carbonyl (C=O) groups excluding carboxylic acids is 1. The molecule has 2 heterocycles. The van der Waals surface area contributed by atoms with Crippen LogP contribution in [0.4, 0.5) is 0 Å². The Labute approximate surface area is 175 Å². The fourth-order valence-corrected chi connectivity index (χ4v) is 4.20. The summed E-state index contributed by atoms with van der Waals surface area (Å²) in [5, 5.41) is 3.53. The van der Waals surface area contributed by atoms with Crippen LogP contribution < -0.4 is 10.9 Å². The Morgan fingerprint density at radius 2 is 1.90 bits per heavy atom. The van der Waals surface area contributed by atoms with E-state index in [2.05, 4.69) is 5.32 Å². The van der Waals surface area contributed by atoms with Gasteiger partial charge < -0.3 is 9.88 Å². The van der Waals surface area contributed by atoms with Gasteiger partial charge in [-0.05, 0) is 32.8 Å². The van der Waals surface area contributed by atoms with Gasteiger partial charge in [0.1, 0.15) is 11.0 Å². The van der Waals surface area contributed by atoms with E-state index in [4.69, 9.17) is 4.98 Å². The molecule has 1 aromatic carbocycles. The summed E-state index contributed by atoms with van der Waals surface area (Å²) in [6.45, 7) is 7.93. The molecule has 1 unspecified atom stereocenters. The van der Waals surface area contributed by atoms with Gasteiger partial charge in [-0.25, -0.2) is 4.98 Å². The van der Waals surface area contributed by atoms with Gasteiger partial charge >= 0.3 is 0 Å². The van der Waals surface area contributed by atoms with Gasteiger partial charge in [-0.15, -0.1) is 0 Å². The summed E-state index contributed by atoms with van der Waals surface area (Å²) in [5.74, 6) is 0.174. The van der Waals surface area contributed by atoms with Gasteiger partial charge in [-0.2, -0.15) is 0 Å². The Hall–Kier alpha value is -2.54. The summed E-state index contributed by atoms with van der Waals surface area (Å²) in [7, 11) is 1.87. The topological polar surface area (TPSA) is 68.9 Å². The van der Waals surface area contributed by atoms with Crippen molar-refractivity contribution in [1.29, 1.82) is 0 Å². The average molecular weight is 413 g/mol. The monoisotopic (exact) mass is 412 g/mol. The number of aryl methyl sites for hydroxylation is 1. The zero-order valence-corrected chi connectivity index (χ0v) is 18.4. The van der Waals surface area contributed by atoms with Crippen molar-refractivity contribution < 1.29 is 4.79 Å². The highest BCUT2D eigenvalue weighted by Gasteiger charge is 2.20. The third-order valence-electron chi connectivity index (χ3n) is 4.94. The number of carbonyl (C=O) groups is 1. The fraction of sp³-hybridized carbons (Fsp3) is 0.409. The maximum atomic E-state index is 13.3. The molecule has 2 aromatic heterocycles. The van der Waals surface area contributed by atoms with Crippen LogP contribution in [-0.2, 0) is 11.8 Å². The molecule has 0 saturated carbocycles. The molecule has 154 valence electrons. The number of thioether (sulfide) groups is 1. The minimum absolute atomic E-state index is 0.0506. The second-order valence-electron chi connectivity index (χ2n) is 7.55. The molecule has 0 bridgehead atoms. The van der Waals surface area contributed by atoms with Crippen LogP contribution in [0.15, 0.2) is 46.5 Å². The third-order valence-corrected chi connectivity index (χ3v) is 5.90. The lowest BCUT2D eigenvalue weighted by molar-refractivity contribution is -0.119. The van der Waals surface area contributed by atoms with Crippen molar-refractivity contribution in [2.75, 3.05) is 5.75 Å². The zero-order chi connectivity index (χ0) is 21.1. The second-order valence-corrected chi connectivity index (χ2v) is 8.49. The first kappa shape index (κ1) is 21.2. The van der Waals surface area contributed by atoms with Crippen LogP contribution in [0.25, 0.3) is 22.2 Å². The van der Waals surface area contributed by atoms with Crippen molar-refractivity contribution in [2.45, 2.75) is 51.4 Å². The molecule has 1 amide bonds. The third kappa shape index (κ3) is 4.40. The Bertz CT molecular complexity index is 1070. The number of rotatable bonds is 7. The van der Waals surface area contributed by atoms with Crippen LogP contribution in [0.2, 0.25) is 0 Å². The highest BCUT2D eigenvalue weighted by atomic mass is 32.2. The summed E-state index contributed by atoms with van der Waals surface area (Å²) >= 11 is 1.31. The lowest BCUT2D eigenvalue weighted by Crippen LogP contribution is -2.33. The molecule has 0 aliphatic carbocycles. The predicted molar refractivity (Wildman–Crippen MR) is 119 cm³/mol. The molecule has 7 heteroatoms. The molecule has 0 aliphatic heterocycles. The first-order valence-electron chi connectivity index (χ1n) is 9.92. The minimum Gasteiger partial charge on any atom is -0.353 e. The highest BCUT2D eigenvalue weighted by molar-refractivity contribution is 7.99. The van der Waals surface area contributed by atoms with Crippen LogP contribution in [0, 0.1) is 0 Å². The smallest absolute Gasteiger partial charge is 0.278 e. The van der Waals surface area contributed by atoms with Gasteiger partial charge in [0.15, 0.2) is 5.16 Å². The van der Waals surface area contributed by atoms with Crippen molar-refractivity contribution in [3.63, 3.8) is 0 Å². The molecule has 0 fully saturated rings.